The molecule has 0 bridgehead atoms. The summed E-state index contributed by atoms with van der Waals surface area (Å²) in [5, 5.41) is 0. The van der Waals surface area contributed by atoms with E-state index in [1.54, 1.807) is 26.1 Å². The predicted octanol–water partition coefficient (Wildman–Crippen LogP) is 0.896. The van der Waals surface area contributed by atoms with Crippen LogP contribution in [-0.2, 0) is 9.59 Å². The summed E-state index contributed by atoms with van der Waals surface area (Å²) in [6.45, 7) is 4.22. The quantitative estimate of drug-likeness (QED) is 0.766. The van der Waals surface area contributed by atoms with Gasteiger partial charge in [0.25, 0.3) is 0 Å². The number of piperazine rings is 1. The number of methoxy groups -OCH3 is 1. The molecule has 1 unspecified atom stereocenters. The van der Waals surface area contributed by atoms with Crippen LogP contribution in [0.15, 0.2) is 24.3 Å². The molecule has 0 aromatic heterocycles. The molecule has 7 nitrogen and oxygen atoms in total. The highest BCUT2D eigenvalue weighted by Gasteiger charge is 2.34. The van der Waals surface area contributed by atoms with Crippen molar-refractivity contribution in [2.75, 3.05) is 65.4 Å². The number of anilines is 1. The molecule has 27 heavy (non-hydrogen) atoms. The van der Waals surface area contributed by atoms with Crippen molar-refractivity contribution in [1.29, 1.82) is 0 Å². The number of ether oxygens (including phenoxy) is 1. The van der Waals surface area contributed by atoms with E-state index < -0.39 is 0 Å². The maximum atomic E-state index is 12.7. The number of amides is 2. The molecule has 0 N–H and O–H groups in total. The lowest BCUT2D eigenvalue weighted by Crippen LogP contribution is -2.53. The number of likely N-dealkylation sites (tertiary alicyclic amines) is 1. The molecule has 148 valence electrons. The highest BCUT2D eigenvalue weighted by molar-refractivity contribution is 5.84. The van der Waals surface area contributed by atoms with Crippen molar-refractivity contribution >= 4 is 17.5 Å². The van der Waals surface area contributed by atoms with Crippen molar-refractivity contribution < 1.29 is 14.3 Å². The van der Waals surface area contributed by atoms with E-state index in [0.29, 0.717) is 19.6 Å². The van der Waals surface area contributed by atoms with E-state index in [-0.39, 0.29) is 17.9 Å². The van der Waals surface area contributed by atoms with Crippen LogP contribution in [0, 0.1) is 0 Å². The van der Waals surface area contributed by atoms with Crippen LogP contribution in [0.4, 0.5) is 5.69 Å². The Kier molecular flexibility index (Phi) is 6.21. The van der Waals surface area contributed by atoms with E-state index in [1.165, 1.54) is 0 Å². The van der Waals surface area contributed by atoms with Crippen LogP contribution in [0.1, 0.15) is 12.8 Å². The molecule has 2 fully saturated rings. The number of carbonyl (C=O) groups is 2. The minimum absolute atomic E-state index is 0.102. The number of likely N-dealkylation sites (N-methyl/N-ethyl adjacent to an activating group) is 1. The first-order chi connectivity index (χ1) is 13.0. The van der Waals surface area contributed by atoms with Gasteiger partial charge in [-0.15, -0.1) is 0 Å². The second kappa shape index (κ2) is 8.61. The Bertz CT molecular complexity index is 654. The molecule has 2 saturated heterocycles. The number of carbonyl (C=O) groups excluding carboxylic acids is 2. The van der Waals surface area contributed by atoms with Gasteiger partial charge in [0, 0.05) is 46.0 Å². The molecule has 0 aliphatic carbocycles. The molecular formula is C20H30N4O3. The normalized spacial score (nSPS) is 20.6. The lowest BCUT2D eigenvalue weighted by Gasteiger charge is -2.37. The fraction of sp³-hybridized carbons (Fsp3) is 0.600. The van der Waals surface area contributed by atoms with E-state index in [2.05, 4.69) is 17.0 Å². The van der Waals surface area contributed by atoms with Crippen LogP contribution in [-0.4, -0.2) is 93.0 Å². The van der Waals surface area contributed by atoms with Gasteiger partial charge >= 0.3 is 0 Å². The van der Waals surface area contributed by atoms with E-state index >= 15 is 0 Å². The first-order valence-electron chi connectivity index (χ1n) is 9.61. The van der Waals surface area contributed by atoms with Crippen LogP contribution in [0.2, 0.25) is 0 Å². The molecule has 1 aromatic carbocycles. The summed E-state index contributed by atoms with van der Waals surface area (Å²) in [5.41, 5.74) is 1.15. The summed E-state index contributed by atoms with van der Waals surface area (Å²) in [6.07, 6.45) is 1.82. The average Bonchev–Trinajstić information content (AvgIpc) is 3.15. The maximum Gasteiger partial charge on any atom is 0.239 e. The number of nitrogens with zero attached hydrogens (tertiary/aromatic N) is 4. The molecule has 3 rings (SSSR count). The molecule has 2 heterocycles. The first kappa shape index (κ1) is 19.5. The van der Waals surface area contributed by atoms with Crippen LogP contribution in [0.25, 0.3) is 0 Å². The highest BCUT2D eigenvalue weighted by atomic mass is 16.5. The molecule has 0 spiro atoms. The van der Waals surface area contributed by atoms with Crippen molar-refractivity contribution in [3.05, 3.63) is 24.3 Å². The second-order valence-corrected chi connectivity index (χ2v) is 7.43. The zero-order valence-corrected chi connectivity index (χ0v) is 16.6. The van der Waals surface area contributed by atoms with Gasteiger partial charge in [-0.2, -0.15) is 0 Å². The smallest absolute Gasteiger partial charge is 0.239 e. The van der Waals surface area contributed by atoms with Crippen LogP contribution >= 0.6 is 0 Å². The molecule has 2 aliphatic heterocycles. The van der Waals surface area contributed by atoms with Gasteiger partial charge in [-0.05, 0) is 43.7 Å². The average molecular weight is 374 g/mol. The third-order valence-corrected chi connectivity index (χ3v) is 5.50. The Morgan fingerprint density at radius 3 is 2.33 bits per heavy atom. The van der Waals surface area contributed by atoms with Crippen LogP contribution < -0.4 is 9.64 Å². The number of hydrogen-bond acceptors (Lipinski definition) is 5. The van der Waals surface area contributed by atoms with E-state index in [9.17, 15) is 9.59 Å². The van der Waals surface area contributed by atoms with Crippen molar-refractivity contribution in [2.45, 2.75) is 18.9 Å². The molecule has 7 heteroatoms. The summed E-state index contributed by atoms with van der Waals surface area (Å²) in [7, 11) is 5.22. The number of rotatable bonds is 5. The summed E-state index contributed by atoms with van der Waals surface area (Å²) < 4.78 is 5.21. The molecule has 2 aliphatic rings. The van der Waals surface area contributed by atoms with Gasteiger partial charge in [0.2, 0.25) is 11.8 Å². The molecular weight excluding hydrogens is 344 g/mol. The van der Waals surface area contributed by atoms with Gasteiger partial charge < -0.3 is 19.4 Å². The largest absolute Gasteiger partial charge is 0.497 e. The van der Waals surface area contributed by atoms with Crippen molar-refractivity contribution in [1.82, 2.24) is 14.7 Å². The minimum Gasteiger partial charge on any atom is -0.497 e. The van der Waals surface area contributed by atoms with Crippen molar-refractivity contribution in [2.24, 2.45) is 0 Å². The monoisotopic (exact) mass is 374 g/mol. The van der Waals surface area contributed by atoms with Gasteiger partial charge in [-0.3, -0.25) is 14.5 Å². The van der Waals surface area contributed by atoms with Crippen molar-refractivity contribution in [3.63, 3.8) is 0 Å². The van der Waals surface area contributed by atoms with E-state index in [1.807, 2.05) is 21.9 Å². The third-order valence-electron chi connectivity index (χ3n) is 5.50. The fourth-order valence-corrected chi connectivity index (χ4v) is 3.87. The number of hydrogen-bond donors (Lipinski definition) is 0. The maximum absolute atomic E-state index is 12.7. The third kappa shape index (κ3) is 4.53. The number of benzene rings is 1. The summed E-state index contributed by atoms with van der Waals surface area (Å²) in [6, 6.07) is 7.88. The summed E-state index contributed by atoms with van der Waals surface area (Å²) >= 11 is 0. The Balaban J connectivity index is 1.51. The Labute approximate surface area is 161 Å². The first-order valence-corrected chi connectivity index (χ1v) is 9.61. The highest BCUT2D eigenvalue weighted by Crippen LogP contribution is 2.22. The molecule has 0 saturated carbocycles. The molecule has 2 amide bonds. The zero-order valence-electron chi connectivity index (χ0n) is 16.6. The van der Waals surface area contributed by atoms with Gasteiger partial charge in [0.1, 0.15) is 5.75 Å². The Morgan fingerprint density at radius 2 is 1.74 bits per heavy atom. The topological polar surface area (TPSA) is 56.3 Å². The molecule has 1 aromatic rings. The molecule has 0 radical (unpaired) electrons. The zero-order chi connectivity index (χ0) is 19.4. The SMILES string of the molecule is COc1ccc(N2CCN(C(=O)CN3CCCC3C(=O)N(C)C)CC2)cc1. The Hall–Kier alpha value is -2.28. The van der Waals surface area contributed by atoms with E-state index in [4.69, 9.17) is 4.74 Å². The lowest BCUT2D eigenvalue weighted by atomic mass is 10.2. The standard InChI is InChI=1S/C20H30N4O3/c1-21(2)20(26)18-5-4-10-24(18)15-19(25)23-13-11-22(12-14-23)16-6-8-17(27-3)9-7-16/h6-9,18H,4-5,10-15H2,1-3H3. The van der Waals surface area contributed by atoms with Crippen LogP contribution in [0.3, 0.4) is 0 Å². The molecule has 1 atom stereocenters. The predicted molar refractivity (Wildman–Crippen MR) is 105 cm³/mol. The van der Waals surface area contributed by atoms with Gasteiger partial charge in [0.15, 0.2) is 0 Å². The van der Waals surface area contributed by atoms with Gasteiger partial charge in [-0.1, -0.05) is 0 Å². The summed E-state index contributed by atoms with van der Waals surface area (Å²) in [4.78, 5) is 32.9. The van der Waals surface area contributed by atoms with Gasteiger partial charge in [-0.25, -0.2) is 0 Å². The second-order valence-electron chi connectivity index (χ2n) is 7.43. The fourth-order valence-electron chi connectivity index (χ4n) is 3.87. The van der Waals surface area contributed by atoms with Crippen LogP contribution in [0.5, 0.6) is 5.75 Å². The summed E-state index contributed by atoms with van der Waals surface area (Å²) in [5.74, 6) is 1.08. The van der Waals surface area contributed by atoms with Crippen molar-refractivity contribution in [3.8, 4) is 5.75 Å². The minimum atomic E-state index is -0.149. The van der Waals surface area contributed by atoms with E-state index in [0.717, 1.165) is 43.9 Å². The Morgan fingerprint density at radius 1 is 1.07 bits per heavy atom. The van der Waals surface area contributed by atoms with Gasteiger partial charge in [0.05, 0.1) is 19.7 Å². The lowest BCUT2D eigenvalue weighted by molar-refractivity contribution is -0.137.